The number of halogens is 3. The van der Waals surface area contributed by atoms with Gasteiger partial charge < -0.3 is 15.7 Å². The Kier molecular flexibility index (Phi) is 5.80. The molecular formula is C13H15Cl2FN2O3. The number of rotatable bonds is 5. The molecule has 5 nitrogen and oxygen atoms in total. The molecule has 2 amide bonds. The van der Waals surface area contributed by atoms with Gasteiger partial charge in [-0.3, -0.25) is 4.79 Å². The SMILES string of the molecule is CC(C)(CCC(=O)O)NC(=O)Nc1cc(Cl)c(Cl)cc1F. The van der Waals surface area contributed by atoms with Gasteiger partial charge in [-0.25, -0.2) is 9.18 Å². The minimum absolute atomic E-state index is 0.0434. The Balaban J connectivity index is 2.69. The van der Waals surface area contributed by atoms with Crippen LogP contribution in [-0.2, 0) is 4.79 Å². The quantitative estimate of drug-likeness (QED) is 0.713. The molecule has 0 saturated carbocycles. The molecule has 21 heavy (non-hydrogen) atoms. The van der Waals surface area contributed by atoms with E-state index in [-0.39, 0.29) is 28.6 Å². The number of anilines is 1. The number of carboxylic acids is 1. The molecule has 0 unspecified atom stereocenters. The Morgan fingerprint density at radius 3 is 2.43 bits per heavy atom. The van der Waals surface area contributed by atoms with Gasteiger partial charge in [-0.1, -0.05) is 23.2 Å². The zero-order valence-electron chi connectivity index (χ0n) is 11.5. The van der Waals surface area contributed by atoms with E-state index in [4.69, 9.17) is 28.3 Å². The zero-order chi connectivity index (χ0) is 16.2. The standard InChI is InChI=1S/C13H15Cl2FN2O3/c1-13(2,4-3-11(19)20)18-12(21)17-10-6-8(15)7(14)5-9(10)16/h5-6H,3-4H2,1-2H3,(H,19,20)(H2,17,18,21). The number of carboxylic acid groups (broad SMARTS) is 1. The number of hydrogen-bond donors (Lipinski definition) is 3. The summed E-state index contributed by atoms with van der Waals surface area (Å²) >= 11 is 11.4. The van der Waals surface area contributed by atoms with E-state index >= 15 is 0 Å². The average molecular weight is 337 g/mol. The molecular weight excluding hydrogens is 322 g/mol. The molecule has 0 atom stereocenters. The smallest absolute Gasteiger partial charge is 0.319 e. The summed E-state index contributed by atoms with van der Waals surface area (Å²) in [4.78, 5) is 22.3. The zero-order valence-corrected chi connectivity index (χ0v) is 13.0. The molecule has 0 bridgehead atoms. The summed E-state index contributed by atoms with van der Waals surface area (Å²) in [6, 6.07) is 1.53. The fourth-order valence-corrected chi connectivity index (χ4v) is 1.88. The van der Waals surface area contributed by atoms with Gasteiger partial charge in [0.05, 0.1) is 15.7 Å². The van der Waals surface area contributed by atoms with Crippen LogP contribution in [0.25, 0.3) is 0 Å². The number of carbonyl (C=O) groups excluding carboxylic acids is 1. The summed E-state index contributed by atoms with van der Waals surface area (Å²) in [5.74, 6) is -1.68. The van der Waals surface area contributed by atoms with Crippen LogP contribution in [0.2, 0.25) is 10.0 Å². The Labute approximate surface area is 131 Å². The summed E-state index contributed by atoms with van der Waals surface area (Å²) in [5, 5.41) is 13.7. The third-order valence-electron chi connectivity index (χ3n) is 2.67. The molecule has 1 rings (SSSR count). The second-order valence-electron chi connectivity index (χ2n) is 5.10. The fraction of sp³-hybridized carbons (Fsp3) is 0.385. The van der Waals surface area contributed by atoms with E-state index in [0.717, 1.165) is 6.07 Å². The number of benzene rings is 1. The van der Waals surface area contributed by atoms with Crippen molar-refractivity contribution in [1.29, 1.82) is 0 Å². The van der Waals surface area contributed by atoms with Gasteiger partial charge in [-0.2, -0.15) is 0 Å². The Hall–Kier alpha value is -1.53. The maximum Gasteiger partial charge on any atom is 0.319 e. The van der Waals surface area contributed by atoms with Crippen LogP contribution in [-0.4, -0.2) is 22.6 Å². The van der Waals surface area contributed by atoms with Crippen LogP contribution in [0.15, 0.2) is 12.1 Å². The van der Waals surface area contributed by atoms with Gasteiger partial charge in [0.2, 0.25) is 0 Å². The first kappa shape index (κ1) is 17.5. The van der Waals surface area contributed by atoms with Gasteiger partial charge in [0.15, 0.2) is 0 Å². The van der Waals surface area contributed by atoms with E-state index in [2.05, 4.69) is 10.6 Å². The maximum absolute atomic E-state index is 13.6. The monoisotopic (exact) mass is 336 g/mol. The summed E-state index contributed by atoms with van der Waals surface area (Å²) in [7, 11) is 0. The van der Waals surface area contributed by atoms with Crippen molar-refractivity contribution < 1.29 is 19.1 Å². The summed E-state index contributed by atoms with van der Waals surface area (Å²) in [6.07, 6.45) is 0.147. The minimum Gasteiger partial charge on any atom is -0.481 e. The molecule has 0 aliphatic carbocycles. The number of carbonyl (C=O) groups is 2. The van der Waals surface area contributed by atoms with E-state index in [1.165, 1.54) is 6.07 Å². The van der Waals surface area contributed by atoms with Crippen molar-refractivity contribution in [2.24, 2.45) is 0 Å². The summed E-state index contributed by atoms with van der Waals surface area (Å²) in [6.45, 7) is 3.33. The van der Waals surface area contributed by atoms with E-state index in [9.17, 15) is 14.0 Å². The first-order valence-electron chi connectivity index (χ1n) is 6.06. The molecule has 0 fully saturated rings. The van der Waals surface area contributed by atoms with Gasteiger partial charge in [0, 0.05) is 12.0 Å². The number of aliphatic carboxylic acids is 1. The highest BCUT2D eigenvalue weighted by atomic mass is 35.5. The van der Waals surface area contributed by atoms with Crippen LogP contribution >= 0.6 is 23.2 Å². The van der Waals surface area contributed by atoms with Gasteiger partial charge in [0.25, 0.3) is 0 Å². The summed E-state index contributed by atoms with van der Waals surface area (Å²) < 4.78 is 13.6. The third-order valence-corrected chi connectivity index (χ3v) is 3.40. The molecule has 0 aliphatic rings. The minimum atomic E-state index is -0.958. The Morgan fingerprint density at radius 2 is 1.86 bits per heavy atom. The summed E-state index contributed by atoms with van der Waals surface area (Å²) in [5.41, 5.74) is -0.870. The lowest BCUT2D eigenvalue weighted by atomic mass is 9.99. The average Bonchev–Trinajstić information content (AvgIpc) is 2.33. The van der Waals surface area contributed by atoms with Gasteiger partial charge in [-0.05, 0) is 32.4 Å². The Bertz CT molecular complexity index is 565. The van der Waals surface area contributed by atoms with E-state index in [0.29, 0.717) is 0 Å². The first-order chi connectivity index (χ1) is 9.60. The Morgan fingerprint density at radius 1 is 1.29 bits per heavy atom. The van der Waals surface area contributed by atoms with Crippen molar-refractivity contribution in [1.82, 2.24) is 5.32 Å². The van der Waals surface area contributed by atoms with Crippen molar-refractivity contribution in [3.63, 3.8) is 0 Å². The number of nitrogens with one attached hydrogen (secondary N) is 2. The highest BCUT2D eigenvalue weighted by Crippen LogP contribution is 2.28. The highest BCUT2D eigenvalue weighted by Gasteiger charge is 2.22. The van der Waals surface area contributed by atoms with Crippen LogP contribution in [0.5, 0.6) is 0 Å². The molecule has 1 aromatic rings. The normalized spacial score (nSPS) is 11.1. The molecule has 0 saturated heterocycles. The fourth-order valence-electron chi connectivity index (χ4n) is 1.56. The van der Waals surface area contributed by atoms with E-state index < -0.39 is 23.4 Å². The second kappa shape index (κ2) is 6.95. The van der Waals surface area contributed by atoms with Crippen molar-refractivity contribution in [2.75, 3.05) is 5.32 Å². The van der Waals surface area contributed by atoms with Crippen LogP contribution in [0.3, 0.4) is 0 Å². The lowest BCUT2D eigenvalue weighted by Crippen LogP contribution is -2.45. The third kappa shape index (κ3) is 5.77. The van der Waals surface area contributed by atoms with E-state index in [1.807, 2.05) is 0 Å². The molecule has 1 aromatic carbocycles. The topological polar surface area (TPSA) is 78.4 Å². The van der Waals surface area contributed by atoms with Crippen LogP contribution in [0.1, 0.15) is 26.7 Å². The number of hydrogen-bond acceptors (Lipinski definition) is 2. The van der Waals surface area contributed by atoms with Crippen LogP contribution in [0, 0.1) is 5.82 Å². The molecule has 8 heteroatoms. The predicted octanol–water partition coefficient (Wildman–Crippen LogP) is 3.90. The largest absolute Gasteiger partial charge is 0.481 e. The van der Waals surface area contributed by atoms with Crippen molar-refractivity contribution >= 4 is 40.9 Å². The molecule has 0 heterocycles. The molecule has 116 valence electrons. The van der Waals surface area contributed by atoms with Crippen molar-refractivity contribution in [3.8, 4) is 0 Å². The molecule has 0 radical (unpaired) electrons. The van der Waals surface area contributed by atoms with Crippen molar-refractivity contribution in [3.05, 3.63) is 28.0 Å². The van der Waals surface area contributed by atoms with Gasteiger partial charge >= 0.3 is 12.0 Å². The van der Waals surface area contributed by atoms with Crippen LogP contribution in [0.4, 0.5) is 14.9 Å². The lowest BCUT2D eigenvalue weighted by Gasteiger charge is -2.25. The molecule has 0 aromatic heterocycles. The molecule has 3 N–H and O–H groups in total. The maximum atomic E-state index is 13.6. The van der Waals surface area contributed by atoms with Crippen molar-refractivity contribution in [2.45, 2.75) is 32.2 Å². The second-order valence-corrected chi connectivity index (χ2v) is 5.92. The number of urea groups is 1. The van der Waals surface area contributed by atoms with Gasteiger partial charge in [0.1, 0.15) is 5.82 Å². The van der Waals surface area contributed by atoms with Crippen LogP contribution < -0.4 is 10.6 Å². The predicted molar refractivity (Wildman–Crippen MR) is 79.5 cm³/mol. The van der Waals surface area contributed by atoms with Gasteiger partial charge in [-0.15, -0.1) is 0 Å². The first-order valence-corrected chi connectivity index (χ1v) is 6.82. The number of amides is 2. The highest BCUT2D eigenvalue weighted by molar-refractivity contribution is 6.42. The lowest BCUT2D eigenvalue weighted by molar-refractivity contribution is -0.137. The van der Waals surface area contributed by atoms with E-state index in [1.54, 1.807) is 13.8 Å². The molecule has 0 spiro atoms. The molecule has 0 aliphatic heterocycles.